The minimum Gasteiger partial charge on any atom is -0.342 e. The van der Waals surface area contributed by atoms with Gasteiger partial charge in [0.2, 0.25) is 5.91 Å². The fourth-order valence-corrected chi connectivity index (χ4v) is 4.74. The summed E-state index contributed by atoms with van der Waals surface area (Å²) in [4.78, 5) is 19.3. The summed E-state index contributed by atoms with van der Waals surface area (Å²) in [7, 11) is 0. The number of hydrogen-bond donors (Lipinski definition) is 0. The lowest BCUT2D eigenvalue weighted by Gasteiger charge is -2.34. The minimum atomic E-state index is 0.197. The number of carbonyl (C=O) groups is 1. The van der Waals surface area contributed by atoms with Gasteiger partial charge in [-0.2, -0.15) is 0 Å². The van der Waals surface area contributed by atoms with E-state index in [0.717, 1.165) is 31.8 Å². The number of hydrogen-bond acceptors (Lipinski definition) is 3. The number of nitrogens with zero attached hydrogens (tertiary/aromatic N) is 2. The van der Waals surface area contributed by atoms with Gasteiger partial charge in [0.25, 0.3) is 0 Å². The average molecular weight is 306 g/mol. The average Bonchev–Trinajstić information content (AvgIpc) is 3.20. The smallest absolute Gasteiger partial charge is 0.225 e. The van der Waals surface area contributed by atoms with Gasteiger partial charge in [0.05, 0.1) is 5.01 Å². The number of aromatic nitrogens is 1. The third kappa shape index (κ3) is 3.65. The molecular formula is C17H26N2OS. The third-order valence-corrected chi connectivity index (χ3v) is 6.05. The predicted molar refractivity (Wildman–Crippen MR) is 86.4 cm³/mol. The zero-order chi connectivity index (χ0) is 14.7. The van der Waals surface area contributed by atoms with Crippen molar-refractivity contribution in [1.29, 1.82) is 0 Å². The summed E-state index contributed by atoms with van der Waals surface area (Å²) < 4.78 is 0. The standard InChI is InChI=1S/C17H26N2OS/c1-13(11-14-5-2-3-6-14)17(20)19-9-4-7-15(12-19)16-18-8-10-21-16/h8,10,13-15H,2-7,9,11-12H2,1H3. The van der Waals surface area contributed by atoms with Crippen molar-refractivity contribution >= 4 is 17.2 Å². The van der Waals surface area contributed by atoms with Crippen molar-refractivity contribution in [3.05, 3.63) is 16.6 Å². The Morgan fingerprint density at radius 2 is 2.19 bits per heavy atom. The molecule has 3 rings (SSSR count). The Balaban J connectivity index is 1.56. The molecule has 116 valence electrons. The minimum absolute atomic E-state index is 0.197. The topological polar surface area (TPSA) is 33.2 Å². The number of likely N-dealkylation sites (tertiary alicyclic amines) is 1. The van der Waals surface area contributed by atoms with Crippen molar-refractivity contribution in [2.24, 2.45) is 11.8 Å². The summed E-state index contributed by atoms with van der Waals surface area (Å²) >= 11 is 1.73. The maximum Gasteiger partial charge on any atom is 0.225 e. The van der Waals surface area contributed by atoms with Gasteiger partial charge in [0, 0.05) is 36.5 Å². The van der Waals surface area contributed by atoms with Crippen molar-refractivity contribution in [2.45, 2.75) is 57.8 Å². The molecule has 2 unspecified atom stereocenters. The van der Waals surface area contributed by atoms with Crippen LogP contribution >= 0.6 is 11.3 Å². The largest absolute Gasteiger partial charge is 0.342 e. The summed E-state index contributed by atoms with van der Waals surface area (Å²) in [5.74, 6) is 1.83. The van der Waals surface area contributed by atoms with E-state index in [4.69, 9.17) is 0 Å². The molecule has 2 aliphatic rings. The lowest BCUT2D eigenvalue weighted by Crippen LogP contribution is -2.42. The Hall–Kier alpha value is -0.900. The summed E-state index contributed by atoms with van der Waals surface area (Å²) in [5, 5.41) is 3.25. The van der Waals surface area contributed by atoms with Crippen LogP contribution in [-0.2, 0) is 4.79 Å². The van der Waals surface area contributed by atoms with E-state index in [1.54, 1.807) is 11.3 Å². The van der Waals surface area contributed by atoms with E-state index in [1.807, 2.05) is 11.6 Å². The summed E-state index contributed by atoms with van der Waals surface area (Å²) in [6, 6.07) is 0. The van der Waals surface area contributed by atoms with Gasteiger partial charge in [-0.3, -0.25) is 4.79 Å². The van der Waals surface area contributed by atoms with Crippen molar-refractivity contribution in [2.75, 3.05) is 13.1 Å². The first-order chi connectivity index (χ1) is 10.2. The molecule has 1 saturated heterocycles. The van der Waals surface area contributed by atoms with Gasteiger partial charge in [0.15, 0.2) is 0 Å². The quantitative estimate of drug-likeness (QED) is 0.840. The van der Waals surface area contributed by atoms with Gasteiger partial charge in [-0.25, -0.2) is 4.98 Å². The van der Waals surface area contributed by atoms with Gasteiger partial charge < -0.3 is 4.90 Å². The Morgan fingerprint density at radius 3 is 2.90 bits per heavy atom. The van der Waals surface area contributed by atoms with E-state index in [-0.39, 0.29) is 5.92 Å². The van der Waals surface area contributed by atoms with Crippen LogP contribution in [0.3, 0.4) is 0 Å². The Bertz CT molecular complexity index is 453. The van der Waals surface area contributed by atoms with Crippen LogP contribution in [0.2, 0.25) is 0 Å². The highest BCUT2D eigenvalue weighted by Gasteiger charge is 2.30. The van der Waals surface area contributed by atoms with Gasteiger partial charge in [0.1, 0.15) is 0 Å². The Labute approximate surface area is 131 Å². The molecule has 1 aromatic heterocycles. The van der Waals surface area contributed by atoms with Gasteiger partial charge in [-0.1, -0.05) is 32.6 Å². The van der Waals surface area contributed by atoms with Crippen LogP contribution in [0.15, 0.2) is 11.6 Å². The van der Waals surface area contributed by atoms with Crippen LogP contribution in [0.5, 0.6) is 0 Å². The van der Waals surface area contributed by atoms with E-state index in [0.29, 0.717) is 11.8 Å². The van der Waals surface area contributed by atoms with E-state index in [2.05, 4.69) is 16.8 Å². The first-order valence-corrected chi connectivity index (χ1v) is 9.30. The molecule has 3 nitrogen and oxygen atoms in total. The molecular weight excluding hydrogens is 280 g/mol. The van der Waals surface area contributed by atoms with Crippen LogP contribution in [0.4, 0.5) is 0 Å². The first kappa shape index (κ1) is 15.0. The fraction of sp³-hybridized carbons (Fsp3) is 0.765. The molecule has 0 bridgehead atoms. The highest BCUT2D eigenvalue weighted by molar-refractivity contribution is 7.09. The lowest BCUT2D eigenvalue weighted by molar-refractivity contribution is -0.136. The molecule has 21 heavy (non-hydrogen) atoms. The third-order valence-electron chi connectivity index (χ3n) is 5.12. The number of thiazole rings is 1. The SMILES string of the molecule is CC(CC1CCCC1)C(=O)N1CCCC(c2nccs2)C1. The molecule has 1 saturated carbocycles. The first-order valence-electron chi connectivity index (χ1n) is 8.42. The molecule has 1 aliphatic carbocycles. The van der Waals surface area contributed by atoms with E-state index < -0.39 is 0 Å². The molecule has 1 aliphatic heterocycles. The summed E-state index contributed by atoms with van der Waals surface area (Å²) in [5.41, 5.74) is 0. The van der Waals surface area contributed by atoms with Crippen LogP contribution in [0, 0.1) is 11.8 Å². The molecule has 1 aromatic rings. The zero-order valence-corrected chi connectivity index (χ0v) is 13.8. The molecule has 4 heteroatoms. The molecule has 0 radical (unpaired) electrons. The van der Waals surface area contributed by atoms with Crippen LogP contribution in [0.1, 0.15) is 62.8 Å². The van der Waals surface area contributed by atoms with Crippen molar-refractivity contribution in [3.63, 3.8) is 0 Å². The van der Waals surface area contributed by atoms with Gasteiger partial charge in [-0.15, -0.1) is 11.3 Å². The fourth-order valence-electron chi connectivity index (χ4n) is 3.97. The van der Waals surface area contributed by atoms with Gasteiger partial charge in [-0.05, 0) is 25.2 Å². The van der Waals surface area contributed by atoms with E-state index >= 15 is 0 Å². The predicted octanol–water partition coefficient (Wildman–Crippen LogP) is 4.07. The van der Waals surface area contributed by atoms with E-state index in [9.17, 15) is 4.79 Å². The molecule has 0 N–H and O–H groups in total. The number of carbonyl (C=O) groups excluding carboxylic acids is 1. The highest BCUT2D eigenvalue weighted by Crippen LogP contribution is 2.32. The number of rotatable bonds is 4. The van der Waals surface area contributed by atoms with Crippen LogP contribution in [0.25, 0.3) is 0 Å². The number of piperidine rings is 1. The second-order valence-electron chi connectivity index (χ2n) is 6.78. The molecule has 0 spiro atoms. The molecule has 0 aromatic carbocycles. The Morgan fingerprint density at radius 1 is 1.38 bits per heavy atom. The molecule has 1 amide bonds. The normalized spacial score (nSPS) is 25.2. The van der Waals surface area contributed by atoms with Gasteiger partial charge >= 0.3 is 0 Å². The molecule has 2 heterocycles. The van der Waals surface area contributed by atoms with Crippen molar-refractivity contribution in [1.82, 2.24) is 9.88 Å². The Kier molecular flexibility index (Phi) is 4.94. The summed E-state index contributed by atoms with van der Waals surface area (Å²) in [6.07, 6.45) is 10.7. The van der Waals surface area contributed by atoms with Crippen LogP contribution in [-0.4, -0.2) is 28.9 Å². The van der Waals surface area contributed by atoms with E-state index in [1.165, 1.54) is 37.1 Å². The maximum atomic E-state index is 12.7. The molecule has 2 fully saturated rings. The number of amides is 1. The monoisotopic (exact) mass is 306 g/mol. The van der Waals surface area contributed by atoms with Crippen molar-refractivity contribution < 1.29 is 4.79 Å². The highest BCUT2D eigenvalue weighted by atomic mass is 32.1. The second-order valence-corrected chi connectivity index (χ2v) is 7.71. The lowest BCUT2D eigenvalue weighted by atomic mass is 9.92. The zero-order valence-electron chi connectivity index (χ0n) is 13.0. The maximum absolute atomic E-state index is 12.7. The second kappa shape index (κ2) is 6.91. The van der Waals surface area contributed by atoms with Crippen molar-refractivity contribution in [3.8, 4) is 0 Å². The summed E-state index contributed by atoms with van der Waals surface area (Å²) in [6.45, 7) is 3.95. The van der Waals surface area contributed by atoms with Crippen LogP contribution < -0.4 is 0 Å². The molecule has 2 atom stereocenters.